The van der Waals surface area contributed by atoms with Crippen LogP contribution in [0.2, 0.25) is 5.02 Å². The first kappa shape index (κ1) is 14.4. The van der Waals surface area contributed by atoms with Gasteiger partial charge in [0, 0.05) is 31.9 Å². The summed E-state index contributed by atoms with van der Waals surface area (Å²) < 4.78 is 3.52. The van der Waals surface area contributed by atoms with Crippen molar-refractivity contribution in [2.45, 2.75) is 26.6 Å². The zero-order valence-electron chi connectivity index (χ0n) is 12.7. The van der Waals surface area contributed by atoms with Crippen LogP contribution in [0.4, 0.5) is 0 Å². The Hall–Kier alpha value is -2.18. The lowest BCUT2D eigenvalue weighted by atomic mass is 10.2. The average molecular weight is 330 g/mol. The van der Waals surface area contributed by atoms with Crippen LogP contribution in [-0.4, -0.2) is 30.6 Å². The van der Waals surface area contributed by atoms with Crippen molar-refractivity contribution in [3.05, 3.63) is 62.9 Å². The predicted octanol–water partition coefficient (Wildman–Crippen LogP) is 1.87. The quantitative estimate of drug-likeness (QED) is 0.720. The van der Waals surface area contributed by atoms with Crippen molar-refractivity contribution >= 4 is 17.2 Å². The molecule has 0 amide bonds. The fourth-order valence-corrected chi connectivity index (χ4v) is 3.20. The van der Waals surface area contributed by atoms with E-state index in [1.807, 2.05) is 6.92 Å². The smallest absolute Gasteiger partial charge is 0.258 e. The van der Waals surface area contributed by atoms with Crippen molar-refractivity contribution in [3.63, 3.8) is 0 Å². The maximum Gasteiger partial charge on any atom is 0.258 e. The van der Waals surface area contributed by atoms with Crippen LogP contribution < -0.4 is 5.56 Å². The summed E-state index contributed by atoms with van der Waals surface area (Å²) in [5, 5.41) is 4.99. The van der Waals surface area contributed by atoms with Crippen molar-refractivity contribution in [1.29, 1.82) is 0 Å². The summed E-state index contributed by atoms with van der Waals surface area (Å²) in [4.78, 5) is 19.1. The highest BCUT2D eigenvalue weighted by molar-refractivity contribution is 6.30. The van der Waals surface area contributed by atoms with Crippen LogP contribution in [0.5, 0.6) is 0 Å². The van der Waals surface area contributed by atoms with Gasteiger partial charge in [0.15, 0.2) is 0 Å². The topological polar surface area (TPSA) is 55.4 Å². The monoisotopic (exact) mass is 329 g/mol. The normalized spacial score (nSPS) is 15.0. The first-order chi connectivity index (χ1) is 11.1. The zero-order valence-corrected chi connectivity index (χ0v) is 13.5. The number of nitrogens with zero attached hydrogens (tertiary/aromatic N) is 5. The van der Waals surface area contributed by atoms with E-state index in [1.165, 1.54) is 10.1 Å². The van der Waals surface area contributed by atoms with Crippen LogP contribution in [0.3, 0.4) is 0 Å². The predicted molar refractivity (Wildman–Crippen MR) is 87.6 cm³/mol. The molecule has 7 heteroatoms. The molecule has 4 rings (SSSR count). The van der Waals surface area contributed by atoms with Crippen LogP contribution in [0.25, 0.3) is 5.65 Å². The number of hydrogen-bond acceptors (Lipinski definition) is 4. The molecule has 0 unspecified atom stereocenters. The molecule has 23 heavy (non-hydrogen) atoms. The molecular weight excluding hydrogens is 314 g/mol. The van der Waals surface area contributed by atoms with E-state index in [1.54, 1.807) is 24.4 Å². The number of fused-ring (bicyclic) bond motifs is 2. The minimum absolute atomic E-state index is 0.106. The number of halogens is 1. The van der Waals surface area contributed by atoms with Gasteiger partial charge in [0.2, 0.25) is 0 Å². The second kappa shape index (κ2) is 5.47. The van der Waals surface area contributed by atoms with Gasteiger partial charge in [-0.1, -0.05) is 11.6 Å². The van der Waals surface area contributed by atoms with Crippen molar-refractivity contribution in [2.75, 3.05) is 6.54 Å². The summed E-state index contributed by atoms with van der Waals surface area (Å²) in [6.45, 7) is 5.24. The molecule has 118 valence electrons. The lowest BCUT2D eigenvalue weighted by molar-refractivity contribution is 0.203. The van der Waals surface area contributed by atoms with Crippen molar-refractivity contribution in [1.82, 2.24) is 24.1 Å². The summed E-state index contributed by atoms with van der Waals surface area (Å²) in [7, 11) is 0. The molecule has 0 atom stereocenters. The second-order valence-corrected chi connectivity index (χ2v) is 6.31. The number of hydrogen-bond donors (Lipinski definition) is 0. The summed E-state index contributed by atoms with van der Waals surface area (Å²) in [5.41, 5.74) is 3.54. The van der Waals surface area contributed by atoms with Crippen LogP contribution in [0.1, 0.15) is 17.1 Å². The van der Waals surface area contributed by atoms with E-state index in [0.717, 1.165) is 31.0 Å². The SMILES string of the molecule is Cc1cc2n(n1)CCN(Cc1cc(=O)n3cc(Cl)ccc3n1)C2. The van der Waals surface area contributed by atoms with E-state index in [-0.39, 0.29) is 5.56 Å². The van der Waals surface area contributed by atoms with Gasteiger partial charge >= 0.3 is 0 Å². The third-order valence-corrected chi connectivity index (χ3v) is 4.28. The molecule has 0 spiro atoms. The molecule has 4 heterocycles. The summed E-state index contributed by atoms with van der Waals surface area (Å²) >= 11 is 5.93. The Balaban J connectivity index is 1.61. The fourth-order valence-electron chi connectivity index (χ4n) is 3.04. The summed E-state index contributed by atoms with van der Waals surface area (Å²) in [6, 6.07) is 7.20. The van der Waals surface area contributed by atoms with Gasteiger partial charge in [0.25, 0.3) is 5.56 Å². The highest BCUT2D eigenvalue weighted by atomic mass is 35.5. The Morgan fingerprint density at radius 1 is 1.26 bits per heavy atom. The van der Waals surface area contributed by atoms with E-state index in [4.69, 9.17) is 11.6 Å². The molecular formula is C16H16ClN5O. The van der Waals surface area contributed by atoms with Crippen LogP contribution >= 0.6 is 11.6 Å². The van der Waals surface area contributed by atoms with Gasteiger partial charge in [0.1, 0.15) is 5.65 Å². The molecule has 0 saturated heterocycles. The molecule has 0 fully saturated rings. The van der Waals surface area contributed by atoms with E-state index in [9.17, 15) is 4.79 Å². The highest BCUT2D eigenvalue weighted by Crippen LogP contribution is 2.15. The maximum absolute atomic E-state index is 12.2. The van der Waals surface area contributed by atoms with Crippen LogP contribution in [-0.2, 0) is 19.6 Å². The van der Waals surface area contributed by atoms with E-state index in [0.29, 0.717) is 17.2 Å². The van der Waals surface area contributed by atoms with Crippen LogP contribution in [0, 0.1) is 6.92 Å². The van der Waals surface area contributed by atoms with E-state index in [2.05, 4.69) is 25.7 Å². The van der Waals surface area contributed by atoms with E-state index < -0.39 is 0 Å². The molecule has 6 nitrogen and oxygen atoms in total. The third-order valence-electron chi connectivity index (χ3n) is 4.06. The summed E-state index contributed by atoms with van der Waals surface area (Å²) in [6.07, 6.45) is 1.60. The van der Waals surface area contributed by atoms with Gasteiger partial charge in [-0.2, -0.15) is 5.10 Å². The van der Waals surface area contributed by atoms with Crippen molar-refractivity contribution in [3.8, 4) is 0 Å². The number of rotatable bonds is 2. The molecule has 0 saturated carbocycles. The first-order valence-electron chi connectivity index (χ1n) is 7.52. The minimum Gasteiger partial charge on any atom is -0.290 e. The van der Waals surface area contributed by atoms with Gasteiger partial charge in [-0.15, -0.1) is 0 Å². The maximum atomic E-state index is 12.2. The molecule has 3 aromatic heterocycles. The molecule has 0 N–H and O–H groups in total. The number of aryl methyl sites for hydroxylation is 1. The lowest BCUT2D eigenvalue weighted by Gasteiger charge is -2.27. The number of pyridine rings is 1. The Labute approximate surface area is 137 Å². The van der Waals surface area contributed by atoms with Crippen molar-refractivity contribution < 1.29 is 0 Å². The average Bonchev–Trinajstić information content (AvgIpc) is 2.87. The molecule has 0 aromatic carbocycles. The molecule has 0 radical (unpaired) electrons. The molecule has 0 bridgehead atoms. The molecule has 1 aliphatic heterocycles. The van der Waals surface area contributed by atoms with Gasteiger partial charge in [-0.05, 0) is 25.1 Å². The minimum atomic E-state index is -0.106. The number of aromatic nitrogens is 4. The highest BCUT2D eigenvalue weighted by Gasteiger charge is 2.18. The second-order valence-electron chi connectivity index (χ2n) is 5.87. The summed E-state index contributed by atoms with van der Waals surface area (Å²) in [5.74, 6) is 0. The largest absolute Gasteiger partial charge is 0.290 e. The van der Waals surface area contributed by atoms with Gasteiger partial charge in [-0.25, -0.2) is 4.98 Å². The standard InChI is InChI=1S/C16H16ClN5O/c1-11-6-14-10-20(4-5-22(14)19-11)9-13-7-16(23)21-8-12(17)2-3-15(21)18-13/h2-3,6-8H,4-5,9-10H2,1H3. The Kier molecular flexibility index (Phi) is 3.43. The molecule has 3 aromatic rings. The Morgan fingerprint density at radius 2 is 2.13 bits per heavy atom. The van der Waals surface area contributed by atoms with Crippen molar-refractivity contribution in [2.24, 2.45) is 0 Å². The Morgan fingerprint density at radius 3 is 3.00 bits per heavy atom. The lowest BCUT2D eigenvalue weighted by Crippen LogP contribution is -2.34. The van der Waals surface area contributed by atoms with Gasteiger partial charge in [0.05, 0.1) is 28.6 Å². The third kappa shape index (κ3) is 2.75. The van der Waals surface area contributed by atoms with Gasteiger partial charge < -0.3 is 0 Å². The van der Waals surface area contributed by atoms with E-state index >= 15 is 0 Å². The van der Waals surface area contributed by atoms with Crippen LogP contribution in [0.15, 0.2) is 35.3 Å². The first-order valence-corrected chi connectivity index (χ1v) is 7.90. The van der Waals surface area contributed by atoms with Gasteiger partial charge in [-0.3, -0.25) is 18.8 Å². The molecule has 1 aliphatic rings. The molecule has 0 aliphatic carbocycles. The zero-order chi connectivity index (χ0) is 16.0. The fraction of sp³-hybridized carbons (Fsp3) is 0.312. The Bertz CT molecular complexity index is 945.